The van der Waals surface area contributed by atoms with E-state index in [4.69, 9.17) is 4.74 Å². The summed E-state index contributed by atoms with van der Waals surface area (Å²) in [5, 5.41) is 5.63. The fourth-order valence-corrected chi connectivity index (χ4v) is 3.36. The fourth-order valence-electron chi connectivity index (χ4n) is 2.81. The number of ether oxygens (including phenoxy) is 1. The van der Waals surface area contributed by atoms with Gasteiger partial charge in [0.15, 0.2) is 0 Å². The van der Waals surface area contributed by atoms with E-state index >= 15 is 0 Å². The molecule has 116 valence electrons. The summed E-state index contributed by atoms with van der Waals surface area (Å²) in [5.41, 5.74) is 0. The second-order valence-electron chi connectivity index (χ2n) is 5.19. The van der Waals surface area contributed by atoms with Crippen LogP contribution in [0.3, 0.4) is 0 Å². The highest BCUT2D eigenvalue weighted by Gasteiger charge is 2.37. The maximum absolute atomic E-state index is 12.3. The Bertz CT molecular complexity index is 466. The smallest absolute Gasteiger partial charge is 0.225 e. The summed E-state index contributed by atoms with van der Waals surface area (Å²) in [5.74, 6) is -0.393. The molecule has 0 bridgehead atoms. The van der Waals surface area contributed by atoms with Crippen molar-refractivity contribution in [3.8, 4) is 0 Å². The van der Waals surface area contributed by atoms with Crippen molar-refractivity contribution >= 4 is 23.7 Å². The van der Waals surface area contributed by atoms with E-state index in [0.717, 1.165) is 30.8 Å². The number of likely N-dealkylation sites (tertiary alicyclic amines) is 1. The molecule has 1 fully saturated rings. The standard InChI is InChI=1S/C14H21N3O3S/c1-10(14(19)16-8-12-15-5-7-21-12)13(20-2)11-4-3-6-17(11)9-18/h5,7,9-11,13H,3-4,6,8H2,1-2H3,(H,16,19). The first kappa shape index (κ1) is 15.9. The fraction of sp³-hybridized carbons (Fsp3) is 0.643. The van der Waals surface area contributed by atoms with Crippen LogP contribution in [0.2, 0.25) is 0 Å². The zero-order valence-corrected chi connectivity index (χ0v) is 13.1. The zero-order valence-electron chi connectivity index (χ0n) is 12.3. The molecule has 6 nitrogen and oxygen atoms in total. The molecule has 2 heterocycles. The molecule has 0 aliphatic carbocycles. The molecule has 0 aromatic carbocycles. The van der Waals surface area contributed by atoms with Crippen molar-refractivity contribution in [3.63, 3.8) is 0 Å². The third kappa shape index (κ3) is 3.79. The molecule has 0 spiro atoms. The van der Waals surface area contributed by atoms with Crippen LogP contribution in [-0.2, 0) is 20.9 Å². The van der Waals surface area contributed by atoms with Gasteiger partial charge < -0.3 is 15.0 Å². The maximum Gasteiger partial charge on any atom is 0.225 e. The number of hydrogen-bond donors (Lipinski definition) is 1. The molecule has 3 atom stereocenters. The minimum atomic E-state index is -0.319. The molecule has 7 heteroatoms. The van der Waals surface area contributed by atoms with E-state index in [1.165, 1.54) is 11.3 Å². The first-order valence-electron chi connectivity index (χ1n) is 7.07. The first-order valence-corrected chi connectivity index (χ1v) is 7.95. The SMILES string of the molecule is COC(C(C)C(=O)NCc1nccs1)C1CCCN1C=O. The summed E-state index contributed by atoms with van der Waals surface area (Å²) in [4.78, 5) is 29.2. The monoisotopic (exact) mass is 311 g/mol. The van der Waals surface area contributed by atoms with E-state index in [-0.39, 0.29) is 24.0 Å². The van der Waals surface area contributed by atoms with Crippen LogP contribution in [0.25, 0.3) is 0 Å². The Labute approximate surface area is 128 Å². The molecule has 1 aromatic heterocycles. The van der Waals surface area contributed by atoms with E-state index in [9.17, 15) is 9.59 Å². The first-order chi connectivity index (χ1) is 10.2. The Hall–Kier alpha value is -1.47. The highest BCUT2D eigenvalue weighted by atomic mass is 32.1. The van der Waals surface area contributed by atoms with Gasteiger partial charge in [0.05, 0.1) is 24.6 Å². The molecule has 1 aliphatic heterocycles. The second-order valence-corrected chi connectivity index (χ2v) is 6.16. The quantitative estimate of drug-likeness (QED) is 0.764. The van der Waals surface area contributed by atoms with Crippen LogP contribution < -0.4 is 5.32 Å². The van der Waals surface area contributed by atoms with Crippen LogP contribution in [0.4, 0.5) is 0 Å². The number of carbonyl (C=O) groups excluding carboxylic acids is 2. The van der Waals surface area contributed by atoms with Crippen LogP contribution in [-0.4, -0.2) is 48.0 Å². The molecular formula is C14H21N3O3S. The van der Waals surface area contributed by atoms with Gasteiger partial charge in [0, 0.05) is 25.2 Å². The minimum absolute atomic E-state index is 0.0203. The summed E-state index contributed by atoms with van der Waals surface area (Å²) in [6, 6.07) is -0.0203. The third-order valence-electron chi connectivity index (χ3n) is 3.93. The molecular weight excluding hydrogens is 290 g/mol. The van der Waals surface area contributed by atoms with Gasteiger partial charge in [0.1, 0.15) is 5.01 Å². The number of aromatic nitrogens is 1. The van der Waals surface area contributed by atoms with Crippen LogP contribution in [0, 0.1) is 5.92 Å². The summed E-state index contributed by atoms with van der Waals surface area (Å²) in [6.45, 7) is 3.01. The van der Waals surface area contributed by atoms with Crippen molar-refractivity contribution in [1.29, 1.82) is 0 Å². The summed E-state index contributed by atoms with van der Waals surface area (Å²) >= 11 is 1.51. The van der Waals surface area contributed by atoms with Gasteiger partial charge in [-0.15, -0.1) is 11.3 Å². The summed E-state index contributed by atoms with van der Waals surface area (Å²) < 4.78 is 5.51. The van der Waals surface area contributed by atoms with E-state index in [0.29, 0.717) is 6.54 Å². The second kappa shape index (κ2) is 7.51. The summed E-state index contributed by atoms with van der Waals surface area (Å²) in [6.07, 6.45) is 4.12. The number of hydrogen-bond acceptors (Lipinski definition) is 5. The number of carbonyl (C=O) groups is 2. The Balaban J connectivity index is 1.93. The van der Waals surface area contributed by atoms with Crippen LogP contribution >= 0.6 is 11.3 Å². The molecule has 2 rings (SSSR count). The number of nitrogens with one attached hydrogen (secondary N) is 1. The van der Waals surface area contributed by atoms with Crippen molar-refractivity contribution < 1.29 is 14.3 Å². The zero-order chi connectivity index (χ0) is 15.2. The molecule has 0 radical (unpaired) electrons. The molecule has 2 amide bonds. The summed E-state index contributed by atoms with van der Waals surface area (Å²) in [7, 11) is 1.59. The van der Waals surface area contributed by atoms with Crippen LogP contribution in [0.5, 0.6) is 0 Å². The Kier molecular flexibility index (Phi) is 5.69. The van der Waals surface area contributed by atoms with Crippen molar-refractivity contribution in [2.75, 3.05) is 13.7 Å². The van der Waals surface area contributed by atoms with Gasteiger partial charge in [0.25, 0.3) is 0 Å². The van der Waals surface area contributed by atoms with Gasteiger partial charge in [-0.3, -0.25) is 9.59 Å². The Morgan fingerprint density at radius 3 is 3.14 bits per heavy atom. The predicted molar refractivity (Wildman–Crippen MR) is 79.7 cm³/mol. The van der Waals surface area contributed by atoms with Crippen molar-refractivity contribution in [3.05, 3.63) is 16.6 Å². The average Bonchev–Trinajstić information content (AvgIpc) is 3.16. The highest BCUT2D eigenvalue weighted by Crippen LogP contribution is 2.25. The van der Waals surface area contributed by atoms with Crippen LogP contribution in [0.15, 0.2) is 11.6 Å². The topological polar surface area (TPSA) is 71.5 Å². The van der Waals surface area contributed by atoms with Crippen molar-refractivity contribution in [1.82, 2.24) is 15.2 Å². The molecule has 1 N–H and O–H groups in total. The van der Waals surface area contributed by atoms with Gasteiger partial charge in [-0.25, -0.2) is 4.98 Å². The average molecular weight is 311 g/mol. The Morgan fingerprint density at radius 1 is 1.71 bits per heavy atom. The molecule has 0 saturated carbocycles. The molecule has 1 aliphatic rings. The number of rotatable bonds is 7. The number of thiazole rings is 1. The normalized spacial score (nSPS) is 21.0. The van der Waals surface area contributed by atoms with E-state index < -0.39 is 0 Å². The van der Waals surface area contributed by atoms with Crippen LogP contribution in [0.1, 0.15) is 24.8 Å². The van der Waals surface area contributed by atoms with Gasteiger partial charge in [-0.1, -0.05) is 6.92 Å². The molecule has 21 heavy (non-hydrogen) atoms. The van der Waals surface area contributed by atoms with E-state index in [1.54, 1.807) is 18.2 Å². The lowest BCUT2D eigenvalue weighted by molar-refractivity contribution is -0.133. The molecule has 3 unspecified atom stereocenters. The third-order valence-corrected chi connectivity index (χ3v) is 4.71. The lowest BCUT2D eigenvalue weighted by Crippen LogP contribution is -2.47. The van der Waals surface area contributed by atoms with Crippen molar-refractivity contribution in [2.24, 2.45) is 5.92 Å². The van der Waals surface area contributed by atoms with Gasteiger partial charge in [-0.2, -0.15) is 0 Å². The number of methoxy groups -OCH3 is 1. The lowest BCUT2D eigenvalue weighted by atomic mass is 9.95. The Morgan fingerprint density at radius 2 is 2.52 bits per heavy atom. The van der Waals surface area contributed by atoms with Crippen molar-refractivity contribution in [2.45, 2.75) is 38.5 Å². The van der Waals surface area contributed by atoms with Gasteiger partial charge in [-0.05, 0) is 12.8 Å². The largest absolute Gasteiger partial charge is 0.378 e. The van der Waals surface area contributed by atoms with Gasteiger partial charge >= 0.3 is 0 Å². The maximum atomic E-state index is 12.3. The number of nitrogens with zero attached hydrogens (tertiary/aromatic N) is 2. The highest BCUT2D eigenvalue weighted by molar-refractivity contribution is 7.09. The predicted octanol–water partition coefficient (Wildman–Crippen LogP) is 1.03. The van der Waals surface area contributed by atoms with Gasteiger partial charge in [0.2, 0.25) is 12.3 Å². The molecule has 1 saturated heterocycles. The van der Waals surface area contributed by atoms with E-state index in [1.807, 2.05) is 12.3 Å². The molecule has 1 aromatic rings. The lowest BCUT2D eigenvalue weighted by Gasteiger charge is -2.31. The number of amides is 2. The minimum Gasteiger partial charge on any atom is -0.378 e. The van der Waals surface area contributed by atoms with E-state index in [2.05, 4.69) is 10.3 Å².